The Morgan fingerprint density at radius 2 is 1.96 bits per heavy atom. The third-order valence-corrected chi connectivity index (χ3v) is 4.42. The molecule has 0 amide bonds. The second kappa shape index (κ2) is 14.2. The third-order valence-electron chi connectivity index (χ3n) is 4.42. The SMILES string of the molecule is CCNC(=NCCCc1ccccc1)NCCN(CCOC)C1CC1.I. The molecule has 1 aliphatic rings. The molecule has 2 rings (SSSR count). The quantitative estimate of drug-likeness (QED) is 0.212. The van der Waals surface area contributed by atoms with Crippen molar-refractivity contribution >= 4 is 29.9 Å². The van der Waals surface area contributed by atoms with Gasteiger partial charge in [-0.3, -0.25) is 9.89 Å². The van der Waals surface area contributed by atoms with Crippen molar-refractivity contribution < 1.29 is 4.74 Å². The summed E-state index contributed by atoms with van der Waals surface area (Å²) in [6, 6.07) is 11.4. The highest BCUT2D eigenvalue weighted by Gasteiger charge is 2.28. The second-order valence-electron chi connectivity index (χ2n) is 6.54. The standard InChI is InChI=1S/C20H34N4O.HI/c1-3-21-20(22-13-7-10-18-8-5-4-6-9-18)23-14-15-24(16-17-25-2)19-11-12-19;/h4-6,8-9,19H,3,7,10-17H2,1-2H3,(H2,21,22,23);1H. The van der Waals surface area contributed by atoms with E-state index in [4.69, 9.17) is 9.73 Å². The smallest absolute Gasteiger partial charge is 0.191 e. The van der Waals surface area contributed by atoms with Gasteiger partial charge in [0.2, 0.25) is 0 Å². The Labute approximate surface area is 176 Å². The zero-order valence-electron chi connectivity index (χ0n) is 16.2. The normalized spacial score (nSPS) is 14.2. The molecule has 0 saturated heterocycles. The number of nitrogens with zero attached hydrogens (tertiary/aromatic N) is 2. The zero-order valence-corrected chi connectivity index (χ0v) is 18.6. The van der Waals surface area contributed by atoms with Crippen molar-refractivity contribution in [2.24, 2.45) is 4.99 Å². The maximum atomic E-state index is 5.22. The van der Waals surface area contributed by atoms with Gasteiger partial charge in [0.05, 0.1) is 6.61 Å². The van der Waals surface area contributed by atoms with Crippen LogP contribution in [0.4, 0.5) is 0 Å². The van der Waals surface area contributed by atoms with Gasteiger partial charge in [-0.15, -0.1) is 24.0 Å². The lowest BCUT2D eigenvalue weighted by molar-refractivity contribution is 0.144. The lowest BCUT2D eigenvalue weighted by Gasteiger charge is -2.22. The third kappa shape index (κ3) is 9.73. The number of halogens is 1. The number of methoxy groups -OCH3 is 1. The summed E-state index contributed by atoms with van der Waals surface area (Å²) < 4.78 is 5.22. The van der Waals surface area contributed by atoms with Crippen LogP contribution < -0.4 is 10.6 Å². The van der Waals surface area contributed by atoms with Crippen LogP contribution in [0.5, 0.6) is 0 Å². The van der Waals surface area contributed by atoms with E-state index in [1.807, 2.05) is 0 Å². The molecule has 2 N–H and O–H groups in total. The van der Waals surface area contributed by atoms with E-state index >= 15 is 0 Å². The van der Waals surface area contributed by atoms with E-state index in [0.717, 1.165) is 64.2 Å². The minimum absolute atomic E-state index is 0. The van der Waals surface area contributed by atoms with Gasteiger partial charge in [-0.25, -0.2) is 0 Å². The van der Waals surface area contributed by atoms with Crippen LogP contribution in [-0.4, -0.2) is 63.3 Å². The molecule has 0 atom stereocenters. The van der Waals surface area contributed by atoms with E-state index < -0.39 is 0 Å². The number of ether oxygens (including phenoxy) is 1. The number of guanidine groups is 1. The molecule has 5 nitrogen and oxygen atoms in total. The summed E-state index contributed by atoms with van der Waals surface area (Å²) in [6.07, 6.45) is 4.81. The zero-order chi connectivity index (χ0) is 17.7. The molecule has 0 aromatic heterocycles. The molecule has 1 aromatic rings. The van der Waals surface area contributed by atoms with Crippen LogP contribution >= 0.6 is 24.0 Å². The van der Waals surface area contributed by atoms with Crippen molar-refractivity contribution in [3.63, 3.8) is 0 Å². The molecule has 0 aliphatic heterocycles. The lowest BCUT2D eigenvalue weighted by atomic mass is 10.1. The second-order valence-corrected chi connectivity index (χ2v) is 6.54. The molecule has 1 aromatic carbocycles. The molecule has 0 heterocycles. The van der Waals surface area contributed by atoms with Crippen molar-refractivity contribution in [1.82, 2.24) is 15.5 Å². The number of rotatable bonds is 12. The van der Waals surface area contributed by atoms with E-state index in [2.05, 4.69) is 52.8 Å². The molecule has 0 bridgehead atoms. The van der Waals surface area contributed by atoms with Crippen molar-refractivity contribution in [1.29, 1.82) is 0 Å². The number of hydrogen-bond acceptors (Lipinski definition) is 3. The van der Waals surface area contributed by atoms with Gasteiger partial charge in [-0.2, -0.15) is 0 Å². The average molecular weight is 474 g/mol. The van der Waals surface area contributed by atoms with Crippen LogP contribution in [-0.2, 0) is 11.2 Å². The van der Waals surface area contributed by atoms with E-state index in [-0.39, 0.29) is 24.0 Å². The first kappa shape index (κ1) is 23.2. The fourth-order valence-corrected chi connectivity index (χ4v) is 2.90. The molecule has 1 saturated carbocycles. The van der Waals surface area contributed by atoms with E-state index in [0.29, 0.717) is 0 Å². The van der Waals surface area contributed by atoms with Gasteiger partial charge in [-0.1, -0.05) is 30.3 Å². The first-order valence-electron chi connectivity index (χ1n) is 9.62. The highest BCUT2D eigenvalue weighted by atomic mass is 127. The van der Waals surface area contributed by atoms with Gasteiger partial charge in [0.1, 0.15) is 0 Å². The molecule has 0 unspecified atom stereocenters. The molecule has 0 radical (unpaired) electrons. The van der Waals surface area contributed by atoms with Gasteiger partial charge in [0, 0.05) is 45.9 Å². The van der Waals surface area contributed by atoms with Crippen LogP contribution in [0.2, 0.25) is 0 Å². The summed E-state index contributed by atoms with van der Waals surface area (Å²) >= 11 is 0. The minimum Gasteiger partial charge on any atom is -0.383 e. The average Bonchev–Trinajstić information content (AvgIpc) is 3.47. The van der Waals surface area contributed by atoms with Crippen LogP contribution in [0, 0.1) is 0 Å². The molecule has 1 aliphatic carbocycles. The van der Waals surface area contributed by atoms with Crippen molar-refractivity contribution in [2.75, 3.05) is 46.4 Å². The van der Waals surface area contributed by atoms with Gasteiger partial charge in [-0.05, 0) is 38.2 Å². The lowest BCUT2D eigenvalue weighted by Crippen LogP contribution is -2.42. The molecule has 1 fully saturated rings. The fourth-order valence-electron chi connectivity index (χ4n) is 2.90. The van der Waals surface area contributed by atoms with Crippen LogP contribution in [0.25, 0.3) is 0 Å². The molecule has 0 spiro atoms. The largest absolute Gasteiger partial charge is 0.383 e. The molecular weight excluding hydrogens is 439 g/mol. The van der Waals surface area contributed by atoms with E-state index in [1.54, 1.807) is 7.11 Å². The number of aliphatic imine (C=N–C) groups is 1. The highest BCUT2D eigenvalue weighted by molar-refractivity contribution is 14.0. The molecule has 148 valence electrons. The predicted octanol–water partition coefficient (Wildman–Crippen LogP) is 2.90. The highest BCUT2D eigenvalue weighted by Crippen LogP contribution is 2.25. The van der Waals surface area contributed by atoms with Crippen molar-refractivity contribution in [3.05, 3.63) is 35.9 Å². The van der Waals surface area contributed by atoms with E-state index in [1.165, 1.54) is 18.4 Å². The topological polar surface area (TPSA) is 48.9 Å². The summed E-state index contributed by atoms with van der Waals surface area (Å²) in [4.78, 5) is 7.22. The monoisotopic (exact) mass is 474 g/mol. The minimum atomic E-state index is 0. The van der Waals surface area contributed by atoms with E-state index in [9.17, 15) is 0 Å². The first-order chi connectivity index (χ1) is 12.3. The van der Waals surface area contributed by atoms with Crippen LogP contribution in [0.15, 0.2) is 35.3 Å². The van der Waals surface area contributed by atoms with Crippen LogP contribution in [0.3, 0.4) is 0 Å². The Balaban J connectivity index is 0.00000338. The number of aryl methyl sites for hydroxylation is 1. The maximum absolute atomic E-state index is 5.22. The summed E-state index contributed by atoms with van der Waals surface area (Å²) in [5, 5.41) is 6.80. The van der Waals surface area contributed by atoms with Gasteiger partial charge < -0.3 is 15.4 Å². The van der Waals surface area contributed by atoms with Crippen molar-refractivity contribution in [2.45, 2.75) is 38.6 Å². The van der Waals surface area contributed by atoms with Gasteiger partial charge >= 0.3 is 0 Å². The number of nitrogens with one attached hydrogen (secondary N) is 2. The Morgan fingerprint density at radius 1 is 1.19 bits per heavy atom. The summed E-state index contributed by atoms with van der Waals surface area (Å²) in [5.74, 6) is 0.929. The fraction of sp³-hybridized carbons (Fsp3) is 0.650. The summed E-state index contributed by atoms with van der Waals surface area (Å²) in [5.41, 5.74) is 1.38. The number of hydrogen-bond donors (Lipinski definition) is 2. The van der Waals surface area contributed by atoms with Gasteiger partial charge in [0.25, 0.3) is 0 Å². The maximum Gasteiger partial charge on any atom is 0.191 e. The Hall–Kier alpha value is -0.860. The Kier molecular flexibility index (Phi) is 12.7. The van der Waals surface area contributed by atoms with Gasteiger partial charge in [0.15, 0.2) is 5.96 Å². The summed E-state index contributed by atoms with van der Waals surface area (Å²) in [7, 11) is 1.77. The van der Waals surface area contributed by atoms with Crippen LogP contribution in [0.1, 0.15) is 31.7 Å². The molecular formula is C20H35IN4O. The summed E-state index contributed by atoms with van der Waals surface area (Å²) in [6.45, 7) is 7.64. The number of benzene rings is 1. The Bertz CT molecular complexity index is 494. The molecule has 26 heavy (non-hydrogen) atoms. The Morgan fingerprint density at radius 3 is 2.62 bits per heavy atom. The predicted molar refractivity (Wildman–Crippen MR) is 121 cm³/mol. The molecule has 6 heteroatoms. The van der Waals surface area contributed by atoms with Crippen molar-refractivity contribution in [3.8, 4) is 0 Å². The first-order valence-corrected chi connectivity index (χ1v) is 9.62.